The Morgan fingerprint density at radius 2 is 1.92 bits per heavy atom. The van der Waals surface area contributed by atoms with Gasteiger partial charge in [0, 0.05) is 0 Å². The van der Waals surface area contributed by atoms with Crippen molar-refractivity contribution in [1.29, 1.82) is 0 Å². The van der Waals surface area contributed by atoms with Gasteiger partial charge < -0.3 is 14.2 Å². The van der Waals surface area contributed by atoms with E-state index in [1.807, 2.05) is 30.3 Å². The first-order valence-electron chi connectivity index (χ1n) is 8.05. The van der Waals surface area contributed by atoms with Crippen LogP contribution in [0.5, 0.6) is 0 Å². The van der Waals surface area contributed by atoms with Crippen LogP contribution in [0.4, 0.5) is 0 Å². The van der Waals surface area contributed by atoms with E-state index in [0.717, 1.165) is 5.56 Å². The largest absolute Gasteiger partial charge is 0.374 e. The second-order valence-electron chi connectivity index (χ2n) is 6.54. The molecule has 1 aromatic rings. The molecule has 24 heavy (non-hydrogen) atoms. The Labute approximate surface area is 144 Å². The minimum atomic E-state index is -3.66. The first-order valence-corrected chi connectivity index (χ1v) is 9.52. The Hall–Kier alpha value is -0.990. The van der Waals surface area contributed by atoms with Crippen LogP contribution < -0.4 is 0 Å². The molecule has 6 nitrogen and oxygen atoms in total. The molecular formula is C17H26O6S. The molecule has 0 bridgehead atoms. The molecule has 136 valence electrons. The van der Waals surface area contributed by atoms with Crippen molar-refractivity contribution in [3.63, 3.8) is 0 Å². The molecule has 1 aliphatic heterocycles. The summed E-state index contributed by atoms with van der Waals surface area (Å²) in [7, 11) is -3.66. The van der Waals surface area contributed by atoms with E-state index in [2.05, 4.69) is 0 Å². The fraction of sp³-hybridized carbons (Fsp3) is 0.647. The normalized spacial score (nSPS) is 24.2. The summed E-state index contributed by atoms with van der Waals surface area (Å²) in [5.41, 5.74) is 1.04. The van der Waals surface area contributed by atoms with E-state index in [4.69, 9.17) is 18.4 Å². The van der Waals surface area contributed by atoms with E-state index in [1.165, 1.54) is 0 Å². The predicted octanol–water partition coefficient (Wildman–Crippen LogP) is 2.48. The molecule has 1 fully saturated rings. The lowest BCUT2D eigenvalue weighted by molar-refractivity contribution is -0.306. The van der Waals surface area contributed by atoms with Crippen LogP contribution >= 0.6 is 0 Å². The maximum atomic E-state index is 12.0. The van der Waals surface area contributed by atoms with Crippen molar-refractivity contribution in [2.75, 3.05) is 13.2 Å². The van der Waals surface area contributed by atoms with Crippen molar-refractivity contribution in [3.8, 4) is 0 Å². The van der Waals surface area contributed by atoms with Crippen LogP contribution in [-0.2, 0) is 35.1 Å². The molecule has 0 amide bonds. The molecule has 7 heteroatoms. The van der Waals surface area contributed by atoms with Crippen LogP contribution in [0.2, 0.25) is 0 Å². The van der Waals surface area contributed by atoms with Crippen molar-refractivity contribution in [3.05, 3.63) is 35.9 Å². The summed E-state index contributed by atoms with van der Waals surface area (Å²) in [6.07, 6.45) is -1.24. The highest BCUT2D eigenvalue weighted by Crippen LogP contribution is 2.26. The minimum absolute atomic E-state index is 0.137. The SMILES string of the molecule is CC(C)S(=O)(=O)O[C@@H]1COC(C)(C)O[C@H]1COCc1ccccc1. The molecule has 2 rings (SSSR count). The zero-order chi connectivity index (χ0) is 17.8. The first-order chi connectivity index (χ1) is 11.2. The highest BCUT2D eigenvalue weighted by Gasteiger charge is 2.40. The lowest BCUT2D eigenvalue weighted by Crippen LogP contribution is -2.52. The zero-order valence-corrected chi connectivity index (χ0v) is 15.4. The van der Waals surface area contributed by atoms with Crippen molar-refractivity contribution in [2.24, 2.45) is 0 Å². The fourth-order valence-electron chi connectivity index (χ4n) is 2.25. The summed E-state index contributed by atoms with van der Waals surface area (Å²) in [6.45, 7) is 7.49. The van der Waals surface area contributed by atoms with Gasteiger partial charge in [-0.1, -0.05) is 30.3 Å². The van der Waals surface area contributed by atoms with Gasteiger partial charge in [-0.25, -0.2) is 0 Å². The smallest absolute Gasteiger partial charge is 0.270 e. The monoisotopic (exact) mass is 358 g/mol. The molecule has 1 aromatic carbocycles. The molecule has 0 saturated carbocycles. The van der Waals surface area contributed by atoms with Gasteiger partial charge in [0.15, 0.2) is 5.79 Å². The Morgan fingerprint density at radius 3 is 2.54 bits per heavy atom. The van der Waals surface area contributed by atoms with Crippen molar-refractivity contribution in [1.82, 2.24) is 0 Å². The second kappa shape index (κ2) is 7.93. The molecule has 0 radical (unpaired) electrons. The number of hydrogen-bond donors (Lipinski definition) is 0. The maximum absolute atomic E-state index is 12.0. The average Bonchev–Trinajstić information content (AvgIpc) is 2.50. The van der Waals surface area contributed by atoms with Crippen molar-refractivity contribution < 1.29 is 26.8 Å². The van der Waals surface area contributed by atoms with Gasteiger partial charge in [0.2, 0.25) is 0 Å². The molecule has 0 N–H and O–H groups in total. The van der Waals surface area contributed by atoms with Crippen LogP contribution in [0.15, 0.2) is 30.3 Å². The molecule has 0 aliphatic carbocycles. The van der Waals surface area contributed by atoms with E-state index in [1.54, 1.807) is 27.7 Å². The lowest BCUT2D eigenvalue weighted by Gasteiger charge is -2.40. The molecule has 0 spiro atoms. The van der Waals surface area contributed by atoms with E-state index in [-0.39, 0.29) is 13.2 Å². The molecular weight excluding hydrogens is 332 g/mol. The highest BCUT2D eigenvalue weighted by atomic mass is 32.2. The zero-order valence-electron chi connectivity index (χ0n) is 14.6. The Morgan fingerprint density at radius 1 is 1.25 bits per heavy atom. The standard InChI is InChI=1S/C17H26O6S/c1-13(2)24(18,19)23-16-12-21-17(3,4)22-15(16)11-20-10-14-8-6-5-7-9-14/h5-9,13,15-16H,10-12H2,1-4H3/t15-,16+/m0/s1. The van der Waals surface area contributed by atoms with Crippen LogP contribution in [0.3, 0.4) is 0 Å². The summed E-state index contributed by atoms with van der Waals surface area (Å²) >= 11 is 0. The third kappa shape index (κ3) is 5.53. The van der Waals surface area contributed by atoms with E-state index < -0.39 is 33.4 Å². The second-order valence-corrected chi connectivity index (χ2v) is 8.66. The van der Waals surface area contributed by atoms with Crippen LogP contribution in [0.25, 0.3) is 0 Å². The first kappa shape index (κ1) is 19.3. The minimum Gasteiger partial charge on any atom is -0.374 e. The lowest BCUT2D eigenvalue weighted by atomic mass is 10.2. The number of rotatable bonds is 7. The topological polar surface area (TPSA) is 71.1 Å². The number of ether oxygens (including phenoxy) is 3. The summed E-state index contributed by atoms with van der Waals surface area (Å²) < 4.78 is 46.4. The fourth-order valence-corrected chi connectivity index (χ4v) is 2.99. The molecule has 1 heterocycles. The highest BCUT2D eigenvalue weighted by molar-refractivity contribution is 7.87. The number of hydrogen-bond acceptors (Lipinski definition) is 6. The van der Waals surface area contributed by atoms with Gasteiger partial charge in [-0.05, 0) is 33.3 Å². The third-order valence-corrected chi connectivity index (χ3v) is 5.34. The summed E-state index contributed by atoms with van der Waals surface area (Å²) in [5.74, 6) is -0.803. The van der Waals surface area contributed by atoms with Gasteiger partial charge in [0.1, 0.15) is 12.2 Å². The van der Waals surface area contributed by atoms with E-state index in [9.17, 15) is 8.42 Å². The van der Waals surface area contributed by atoms with Crippen LogP contribution in [0, 0.1) is 0 Å². The Balaban J connectivity index is 1.98. The summed E-state index contributed by atoms with van der Waals surface area (Å²) in [6, 6.07) is 9.74. The van der Waals surface area contributed by atoms with E-state index >= 15 is 0 Å². The third-order valence-electron chi connectivity index (χ3n) is 3.67. The van der Waals surface area contributed by atoms with E-state index in [0.29, 0.717) is 6.61 Å². The maximum Gasteiger partial charge on any atom is 0.270 e. The summed E-state index contributed by atoms with van der Waals surface area (Å²) in [5, 5.41) is -0.627. The van der Waals surface area contributed by atoms with Crippen LogP contribution in [-0.4, -0.2) is 44.9 Å². The van der Waals surface area contributed by atoms with Gasteiger partial charge in [-0.3, -0.25) is 4.18 Å². The number of benzene rings is 1. The van der Waals surface area contributed by atoms with Crippen LogP contribution in [0.1, 0.15) is 33.3 Å². The Bertz CT molecular complexity index is 611. The quantitative estimate of drug-likeness (QED) is 0.698. The van der Waals surface area contributed by atoms with Gasteiger partial charge in [-0.2, -0.15) is 8.42 Å². The molecule has 1 saturated heterocycles. The Kier molecular flexibility index (Phi) is 6.39. The molecule has 0 aromatic heterocycles. The van der Waals surface area contributed by atoms with Gasteiger partial charge in [-0.15, -0.1) is 0 Å². The van der Waals surface area contributed by atoms with Gasteiger partial charge >= 0.3 is 0 Å². The molecule has 0 unspecified atom stereocenters. The predicted molar refractivity (Wildman–Crippen MR) is 89.9 cm³/mol. The molecule has 2 atom stereocenters. The molecule has 1 aliphatic rings. The average molecular weight is 358 g/mol. The van der Waals surface area contributed by atoms with Crippen molar-refractivity contribution in [2.45, 2.75) is 57.5 Å². The van der Waals surface area contributed by atoms with Gasteiger partial charge in [0.25, 0.3) is 10.1 Å². The van der Waals surface area contributed by atoms with Crippen molar-refractivity contribution >= 4 is 10.1 Å². The summed E-state index contributed by atoms with van der Waals surface area (Å²) in [4.78, 5) is 0. The van der Waals surface area contributed by atoms with Gasteiger partial charge in [0.05, 0.1) is 25.1 Å².